The molecule has 4 aromatic heterocycles. The largest absolute Gasteiger partial charge is 0.444 e. The van der Waals surface area contributed by atoms with Crippen molar-refractivity contribution in [3.63, 3.8) is 0 Å². The van der Waals surface area contributed by atoms with E-state index in [9.17, 15) is 14.0 Å². The lowest BCUT2D eigenvalue weighted by Gasteiger charge is -2.27. The minimum atomic E-state index is -0.721. The van der Waals surface area contributed by atoms with Gasteiger partial charge in [-0.25, -0.2) is 38.5 Å². The number of halogens is 1. The van der Waals surface area contributed by atoms with Crippen molar-refractivity contribution in [3.8, 4) is 0 Å². The summed E-state index contributed by atoms with van der Waals surface area (Å²) in [4.78, 5) is 51.6. The molecule has 0 saturated heterocycles. The predicted molar refractivity (Wildman–Crippen MR) is 191 cm³/mol. The molecule has 0 aliphatic carbocycles. The molecule has 0 bridgehead atoms. The molecular weight excluding hydrogens is 662 g/mol. The van der Waals surface area contributed by atoms with Crippen molar-refractivity contribution in [2.24, 2.45) is 0 Å². The molecule has 0 aliphatic heterocycles. The Morgan fingerprint density at radius 2 is 1.72 bits per heavy atom. The number of nitrogens with zero attached hydrogens (tertiary/aromatic N) is 7. The average Bonchev–Trinajstić information content (AvgIpc) is 3.62. The minimum absolute atomic E-state index is 0.128. The van der Waals surface area contributed by atoms with Gasteiger partial charge in [0, 0.05) is 38.7 Å². The molecule has 15 heteroatoms. The van der Waals surface area contributed by atoms with E-state index in [2.05, 4.69) is 25.6 Å². The Hall–Kier alpha value is -4.76. The Labute approximate surface area is 294 Å². The van der Waals surface area contributed by atoms with Gasteiger partial charge in [-0.15, -0.1) is 0 Å². The first-order valence-electron chi connectivity index (χ1n) is 16.6. The summed E-state index contributed by atoms with van der Waals surface area (Å²) in [6.45, 7) is 15.1. The quantitative estimate of drug-likeness (QED) is 0.147. The summed E-state index contributed by atoms with van der Waals surface area (Å²) < 4.78 is 27.2. The van der Waals surface area contributed by atoms with E-state index in [-0.39, 0.29) is 31.7 Å². The molecule has 266 valence electrons. The molecule has 0 unspecified atom stereocenters. The summed E-state index contributed by atoms with van der Waals surface area (Å²) >= 11 is 1.39. The summed E-state index contributed by atoms with van der Waals surface area (Å²) in [7, 11) is 0. The second-order valence-electron chi connectivity index (χ2n) is 13.7. The summed E-state index contributed by atoms with van der Waals surface area (Å²) in [5.41, 5.74) is 1.70. The lowest BCUT2D eigenvalue weighted by Crippen LogP contribution is -2.39. The van der Waals surface area contributed by atoms with Crippen LogP contribution in [-0.4, -0.2) is 77.4 Å². The van der Waals surface area contributed by atoms with Crippen molar-refractivity contribution in [1.29, 1.82) is 0 Å². The first-order valence-corrected chi connectivity index (χ1v) is 17.4. The van der Waals surface area contributed by atoms with Crippen LogP contribution in [0.3, 0.4) is 0 Å². The minimum Gasteiger partial charge on any atom is -0.444 e. The van der Waals surface area contributed by atoms with Crippen molar-refractivity contribution in [3.05, 3.63) is 70.8 Å². The molecule has 0 aliphatic rings. The van der Waals surface area contributed by atoms with Crippen LogP contribution in [0.4, 0.5) is 19.8 Å². The molecule has 4 heterocycles. The number of carbonyl (C=O) groups excluding carboxylic acids is 2. The Kier molecular flexibility index (Phi) is 11.3. The number of fused-ring (bicyclic) bond motifs is 2. The van der Waals surface area contributed by atoms with Gasteiger partial charge in [0.15, 0.2) is 5.82 Å². The Morgan fingerprint density at radius 1 is 0.960 bits per heavy atom. The summed E-state index contributed by atoms with van der Waals surface area (Å²) in [5.74, 6) is 0.516. The first kappa shape index (κ1) is 36.5. The number of hydrogen-bond donors (Lipinski definition) is 2. The molecule has 5 aromatic rings. The standard InChI is InChI=1S/C35H44FN9O4S/c1-8-37-19-22-11-12-26-24(18-22)42-27(45(26)33(47)49-35(5,6)7)13-16-44(32(46)48-34(2,3)4)17-14-28-43-29-30(40-21-41-31(29)50-28)39-20-25-23(36)10-9-15-38-25/h9-12,15,18,21,37H,8,13-14,16-17,19-20H2,1-7H3,(H,39,40,41). The lowest BCUT2D eigenvalue weighted by atomic mass is 10.2. The monoisotopic (exact) mass is 705 g/mol. The number of ether oxygens (including phenoxy) is 2. The molecule has 1 amide bonds. The SMILES string of the molecule is CCNCc1ccc2c(c1)nc(CCN(CCc1nc3c(NCc4ncccc4F)ncnc3s1)C(=O)OC(C)(C)C)n2C(=O)OC(C)(C)C. The van der Waals surface area contributed by atoms with E-state index >= 15 is 0 Å². The van der Waals surface area contributed by atoms with Crippen LogP contribution in [0.2, 0.25) is 0 Å². The van der Waals surface area contributed by atoms with E-state index in [1.54, 1.807) is 4.90 Å². The third-order valence-corrected chi connectivity index (χ3v) is 8.32. The number of hydrogen-bond acceptors (Lipinski definition) is 12. The molecular formula is C35H44FN9O4S. The highest BCUT2D eigenvalue weighted by atomic mass is 32.1. The third kappa shape index (κ3) is 9.47. The normalized spacial score (nSPS) is 12.0. The second-order valence-corrected chi connectivity index (χ2v) is 14.7. The maximum Gasteiger partial charge on any atom is 0.420 e. The number of imidazole rings is 1. The maximum absolute atomic E-state index is 14.1. The smallest absolute Gasteiger partial charge is 0.420 e. The van der Waals surface area contributed by atoms with E-state index in [0.717, 1.165) is 17.1 Å². The van der Waals surface area contributed by atoms with Crippen LogP contribution in [0.25, 0.3) is 21.4 Å². The summed E-state index contributed by atoms with van der Waals surface area (Å²) in [5, 5.41) is 7.16. The van der Waals surface area contributed by atoms with Crippen molar-refractivity contribution >= 4 is 50.7 Å². The Balaban J connectivity index is 1.37. The highest BCUT2D eigenvalue weighted by Crippen LogP contribution is 2.26. The van der Waals surface area contributed by atoms with Crippen LogP contribution >= 0.6 is 11.3 Å². The molecule has 0 radical (unpaired) electrons. The lowest BCUT2D eigenvalue weighted by molar-refractivity contribution is 0.0253. The average molecular weight is 706 g/mol. The van der Waals surface area contributed by atoms with Crippen molar-refractivity contribution in [2.45, 2.75) is 85.6 Å². The number of amides is 1. The molecule has 2 N–H and O–H groups in total. The van der Waals surface area contributed by atoms with Gasteiger partial charge < -0.3 is 25.0 Å². The zero-order valence-corrected chi connectivity index (χ0v) is 30.4. The zero-order valence-electron chi connectivity index (χ0n) is 29.5. The predicted octanol–water partition coefficient (Wildman–Crippen LogP) is 6.50. The molecule has 0 atom stereocenters. The fraction of sp³-hybridized carbons (Fsp3) is 0.457. The first-order chi connectivity index (χ1) is 23.7. The van der Waals surface area contributed by atoms with E-state index in [0.29, 0.717) is 46.0 Å². The fourth-order valence-electron chi connectivity index (χ4n) is 5.07. The van der Waals surface area contributed by atoms with Gasteiger partial charge in [0.05, 0.1) is 28.3 Å². The molecule has 0 spiro atoms. The van der Waals surface area contributed by atoms with Gasteiger partial charge in [-0.05, 0) is 77.9 Å². The second kappa shape index (κ2) is 15.4. The molecule has 5 rings (SSSR count). The van der Waals surface area contributed by atoms with E-state index < -0.39 is 29.2 Å². The Bertz CT molecular complexity index is 1970. The highest BCUT2D eigenvalue weighted by Gasteiger charge is 2.26. The van der Waals surface area contributed by atoms with Gasteiger partial charge >= 0.3 is 12.2 Å². The molecule has 0 saturated carbocycles. The number of benzene rings is 1. The number of thiazole rings is 1. The van der Waals surface area contributed by atoms with Crippen LogP contribution in [0.1, 0.15) is 70.6 Å². The number of pyridine rings is 1. The van der Waals surface area contributed by atoms with E-state index in [1.807, 2.05) is 66.7 Å². The third-order valence-electron chi connectivity index (χ3n) is 7.29. The molecule has 50 heavy (non-hydrogen) atoms. The number of aromatic nitrogens is 6. The molecule has 1 aromatic carbocycles. The van der Waals surface area contributed by atoms with Crippen molar-refractivity contribution < 1.29 is 23.5 Å². The number of nitrogens with one attached hydrogen (secondary N) is 2. The number of carbonyl (C=O) groups is 2. The van der Waals surface area contributed by atoms with Crippen LogP contribution < -0.4 is 10.6 Å². The summed E-state index contributed by atoms with van der Waals surface area (Å²) in [6, 6.07) is 8.69. The van der Waals surface area contributed by atoms with Crippen LogP contribution in [0.15, 0.2) is 42.9 Å². The van der Waals surface area contributed by atoms with Crippen molar-refractivity contribution in [2.75, 3.05) is 25.0 Å². The fourth-order valence-corrected chi connectivity index (χ4v) is 5.96. The van der Waals surface area contributed by atoms with Crippen LogP contribution in [0.5, 0.6) is 0 Å². The van der Waals surface area contributed by atoms with Crippen LogP contribution in [0, 0.1) is 5.82 Å². The zero-order chi connectivity index (χ0) is 36.1. The van der Waals surface area contributed by atoms with Gasteiger partial charge in [0.2, 0.25) is 0 Å². The van der Waals surface area contributed by atoms with E-state index in [1.165, 1.54) is 40.6 Å². The number of anilines is 1. The van der Waals surface area contributed by atoms with Gasteiger partial charge in [-0.1, -0.05) is 24.3 Å². The molecule has 13 nitrogen and oxygen atoms in total. The highest BCUT2D eigenvalue weighted by molar-refractivity contribution is 7.18. The van der Waals surface area contributed by atoms with Gasteiger partial charge in [-0.2, -0.15) is 0 Å². The summed E-state index contributed by atoms with van der Waals surface area (Å²) in [6.07, 6.45) is 2.59. The van der Waals surface area contributed by atoms with Crippen molar-refractivity contribution in [1.82, 2.24) is 39.7 Å². The van der Waals surface area contributed by atoms with Gasteiger partial charge in [0.1, 0.15) is 39.5 Å². The van der Waals surface area contributed by atoms with E-state index in [4.69, 9.17) is 19.4 Å². The number of rotatable bonds is 12. The topological polar surface area (TPSA) is 149 Å². The Morgan fingerprint density at radius 3 is 2.44 bits per heavy atom. The van der Waals surface area contributed by atoms with Gasteiger partial charge in [-0.3, -0.25) is 4.98 Å². The molecule has 0 fully saturated rings. The van der Waals surface area contributed by atoms with Crippen LogP contribution in [-0.2, 0) is 35.4 Å². The van der Waals surface area contributed by atoms with Gasteiger partial charge in [0.25, 0.3) is 0 Å². The maximum atomic E-state index is 14.1.